The summed E-state index contributed by atoms with van der Waals surface area (Å²) < 4.78 is 0. The van der Waals surface area contributed by atoms with Gasteiger partial charge in [-0.15, -0.1) is 12.4 Å². The number of imide groups is 1. The van der Waals surface area contributed by atoms with Crippen molar-refractivity contribution in [3.63, 3.8) is 0 Å². The van der Waals surface area contributed by atoms with Gasteiger partial charge in [0.1, 0.15) is 5.70 Å². The zero-order valence-electron chi connectivity index (χ0n) is 11.2. The summed E-state index contributed by atoms with van der Waals surface area (Å²) in [6, 6.07) is 9.57. The molecule has 0 radical (unpaired) electrons. The molecule has 112 valence electrons. The van der Waals surface area contributed by atoms with Gasteiger partial charge in [0, 0.05) is 17.4 Å². The van der Waals surface area contributed by atoms with Gasteiger partial charge in [-0.25, -0.2) is 9.69 Å². The van der Waals surface area contributed by atoms with E-state index >= 15 is 0 Å². The number of nitrogens with zero attached hydrogens (tertiary/aromatic N) is 2. The summed E-state index contributed by atoms with van der Waals surface area (Å²) >= 11 is 5.89. The van der Waals surface area contributed by atoms with Gasteiger partial charge < -0.3 is 5.32 Å². The van der Waals surface area contributed by atoms with Crippen LogP contribution in [0.5, 0.6) is 0 Å². The Morgan fingerprint density at radius 3 is 2.55 bits per heavy atom. The molecule has 1 saturated heterocycles. The fourth-order valence-corrected chi connectivity index (χ4v) is 2.20. The van der Waals surface area contributed by atoms with E-state index in [1.807, 2.05) is 0 Å². The lowest BCUT2D eigenvalue weighted by molar-refractivity contribution is -0.113. The predicted octanol–water partition coefficient (Wildman–Crippen LogP) is 3.25. The number of carbonyl (C=O) groups is 2. The molecule has 7 heteroatoms. The summed E-state index contributed by atoms with van der Waals surface area (Å²) in [5.74, 6) is -0.418. The molecule has 1 aromatic heterocycles. The molecule has 0 aliphatic carbocycles. The highest BCUT2D eigenvalue weighted by Gasteiger charge is 2.34. The van der Waals surface area contributed by atoms with Crippen LogP contribution in [-0.4, -0.2) is 16.9 Å². The summed E-state index contributed by atoms with van der Waals surface area (Å²) in [5, 5.41) is 3.01. The van der Waals surface area contributed by atoms with E-state index in [4.69, 9.17) is 11.6 Å². The minimum absolute atomic E-state index is 0. The number of halogens is 2. The van der Waals surface area contributed by atoms with Gasteiger partial charge in [-0.3, -0.25) is 9.78 Å². The number of carbonyl (C=O) groups excluding carboxylic acids is 2. The normalized spacial score (nSPS) is 15.7. The van der Waals surface area contributed by atoms with Crippen LogP contribution in [0.3, 0.4) is 0 Å². The van der Waals surface area contributed by atoms with E-state index in [1.54, 1.807) is 54.9 Å². The van der Waals surface area contributed by atoms with Gasteiger partial charge in [-0.2, -0.15) is 0 Å². The molecule has 5 nitrogen and oxygen atoms in total. The maximum atomic E-state index is 12.3. The number of aromatic nitrogens is 1. The fraction of sp³-hybridized carbons (Fsp3) is 0. The Bertz CT molecular complexity index is 747. The van der Waals surface area contributed by atoms with Crippen molar-refractivity contribution in [2.45, 2.75) is 0 Å². The van der Waals surface area contributed by atoms with Crippen LogP contribution in [0.1, 0.15) is 5.56 Å². The predicted molar refractivity (Wildman–Crippen MR) is 86.9 cm³/mol. The molecule has 1 aliphatic heterocycles. The van der Waals surface area contributed by atoms with Crippen molar-refractivity contribution < 1.29 is 9.59 Å². The third-order valence-corrected chi connectivity index (χ3v) is 3.20. The molecule has 1 aromatic carbocycles. The first-order chi connectivity index (χ1) is 10.1. The zero-order valence-corrected chi connectivity index (χ0v) is 12.8. The van der Waals surface area contributed by atoms with E-state index in [2.05, 4.69) is 10.3 Å². The highest BCUT2D eigenvalue weighted by atomic mass is 35.5. The smallest absolute Gasteiger partial charge is 0.302 e. The molecule has 0 atom stereocenters. The molecule has 3 amide bonds. The second-order valence-electron chi connectivity index (χ2n) is 4.39. The molecule has 22 heavy (non-hydrogen) atoms. The zero-order chi connectivity index (χ0) is 14.8. The van der Waals surface area contributed by atoms with Crippen LogP contribution in [0, 0.1) is 0 Å². The molecule has 2 heterocycles. The van der Waals surface area contributed by atoms with E-state index in [1.165, 1.54) is 0 Å². The molecule has 3 rings (SSSR count). The van der Waals surface area contributed by atoms with E-state index in [9.17, 15) is 9.59 Å². The number of pyridine rings is 1. The number of urea groups is 1. The summed E-state index contributed by atoms with van der Waals surface area (Å²) in [6.45, 7) is 0. The van der Waals surface area contributed by atoms with Crippen molar-refractivity contribution in [1.82, 2.24) is 10.3 Å². The number of benzene rings is 1. The molecule has 0 unspecified atom stereocenters. The van der Waals surface area contributed by atoms with Crippen molar-refractivity contribution in [2.24, 2.45) is 0 Å². The van der Waals surface area contributed by atoms with Crippen LogP contribution in [0.4, 0.5) is 10.5 Å². The first-order valence-electron chi connectivity index (χ1n) is 6.18. The maximum Gasteiger partial charge on any atom is 0.333 e. The van der Waals surface area contributed by atoms with Gasteiger partial charge >= 0.3 is 6.03 Å². The molecule has 1 aliphatic rings. The Morgan fingerprint density at radius 2 is 1.86 bits per heavy atom. The van der Waals surface area contributed by atoms with E-state index in [-0.39, 0.29) is 18.1 Å². The first-order valence-corrected chi connectivity index (χ1v) is 6.56. The third kappa shape index (κ3) is 3.10. The summed E-state index contributed by atoms with van der Waals surface area (Å²) in [4.78, 5) is 29.3. The second kappa shape index (κ2) is 6.60. The lowest BCUT2D eigenvalue weighted by Gasteiger charge is -2.11. The fourth-order valence-electron chi connectivity index (χ4n) is 2.01. The second-order valence-corrected chi connectivity index (χ2v) is 4.83. The number of anilines is 1. The monoisotopic (exact) mass is 335 g/mol. The quantitative estimate of drug-likeness (QED) is 0.676. The van der Waals surface area contributed by atoms with Gasteiger partial charge in [0.15, 0.2) is 0 Å². The van der Waals surface area contributed by atoms with E-state index in [0.717, 1.165) is 10.5 Å². The molecule has 1 N–H and O–H groups in total. The third-order valence-electron chi connectivity index (χ3n) is 2.96. The number of amides is 3. The van der Waals surface area contributed by atoms with Crippen molar-refractivity contribution >= 4 is 47.7 Å². The lowest BCUT2D eigenvalue weighted by Crippen LogP contribution is -2.30. The van der Waals surface area contributed by atoms with Gasteiger partial charge in [0.25, 0.3) is 5.91 Å². The van der Waals surface area contributed by atoms with Gasteiger partial charge in [0.05, 0.1) is 5.69 Å². The summed E-state index contributed by atoms with van der Waals surface area (Å²) in [7, 11) is 0. The van der Waals surface area contributed by atoms with Gasteiger partial charge in [-0.1, -0.05) is 17.7 Å². The average molecular weight is 336 g/mol. The lowest BCUT2D eigenvalue weighted by atomic mass is 10.2. The molecule has 0 bridgehead atoms. The molecule has 0 spiro atoms. The Hall–Kier alpha value is -2.37. The Kier molecular flexibility index (Phi) is 4.80. The largest absolute Gasteiger partial charge is 0.333 e. The van der Waals surface area contributed by atoms with Crippen molar-refractivity contribution in [3.05, 3.63) is 65.1 Å². The van der Waals surface area contributed by atoms with Crippen LogP contribution < -0.4 is 10.2 Å². The number of nitrogens with one attached hydrogen (secondary N) is 1. The minimum atomic E-state index is -0.498. The van der Waals surface area contributed by atoms with Crippen molar-refractivity contribution in [1.29, 1.82) is 0 Å². The molecule has 1 fully saturated rings. The average Bonchev–Trinajstić information content (AvgIpc) is 2.74. The summed E-state index contributed by atoms with van der Waals surface area (Å²) in [6.07, 6.45) is 4.83. The first kappa shape index (κ1) is 16.0. The number of hydrogen-bond acceptors (Lipinski definition) is 3. The summed E-state index contributed by atoms with van der Waals surface area (Å²) in [5.41, 5.74) is 1.43. The van der Waals surface area contributed by atoms with Gasteiger partial charge in [0.2, 0.25) is 0 Å². The van der Waals surface area contributed by atoms with Crippen LogP contribution in [0.2, 0.25) is 5.02 Å². The topological polar surface area (TPSA) is 62.3 Å². The highest BCUT2D eigenvalue weighted by Crippen LogP contribution is 2.24. The van der Waals surface area contributed by atoms with Crippen LogP contribution in [-0.2, 0) is 4.79 Å². The maximum absolute atomic E-state index is 12.3. The molecule has 2 aromatic rings. The van der Waals surface area contributed by atoms with Gasteiger partial charge in [-0.05, 0) is 42.0 Å². The molecular formula is C15H11Cl2N3O2. The number of rotatable bonds is 2. The highest BCUT2D eigenvalue weighted by molar-refractivity contribution is 6.32. The molecular weight excluding hydrogens is 325 g/mol. The van der Waals surface area contributed by atoms with Crippen molar-refractivity contribution in [3.8, 4) is 0 Å². The SMILES string of the molecule is Cl.O=C1N/C(=C\c2ccncc2)C(=O)N1c1cccc(Cl)c1. The Labute approximate surface area is 138 Å². The van der Waals surface area contributed by atoms with Crippen LogP contribution in [0.25, 0.3) is 6.08 Å². The standard InChI is InChI=1S/C15H10ClN3O2.ClH/c16-11-2-1-3-12(9-11)19-14(20)13(18-15(19)21)8-10-4-6-17-7-5-10;/h1-9H,(H,18,21);1H/b13-8-;. The Balaban J connectivity index is 0.00000176. The Morgan fingerprint density at radius 1 is 1.14 bits per heavy atom. The number of hydrogen-bond donors (Lipinski definition) is 1. The minimum Gasteiger partial charge on any atom is -0.302 e. The van der Waals surface area contributed by atoms with Crippen LogP contribution >= 0.6 is 24.0 Å². The van der Waals surface area contributed by atoms with Crippen LogP contribution in [0.15, 0.2) is 54.5 Å². The van der Waals surface area contributed by atoms with Crippen molar-refractivity contribution in [2.75, 3.05) is 4.90 Å². The van der Waals surface area contributed by atoms with E-state index < -0.39 is 11.9 Å². The molecule has 0 saturated carbocycles. The van der Waals surface area contributed by atoms with E-state index in [0.29, 0.717) is 10.7 Å².